The summed E-state index contributed by atoms with van der Waals surface area (Å²) in [6.45, 7) is 5.24. The Kier molecular flexibility index (Phi) is 5.78. The van der Waals surface area contributed by atoms with E-state index in [1.54, 1.807) is 0 Å². The third-order valence-corrected chi connectivity index (χ3v) is 3.71. The predicted octanol–water partition coefficient (Wildman–Crippen LogP) is 2.30. The molecule has 0 aliphatic heterocycles. The van der Waals surface area contributed by atoms with Gasteiger partial charge in [-0.15, -0.1) is 0 Å². The molecule has 0 aliphatic carbocycles. The second-order valence-corrected chi connectivity index (χ2v) is 5.34. The van der Waals surface area contributed by atoms with E-state index >= 15 is 0 Å². The molecule has 0 aliphatic rings. The fraction of sp³-hybridized carbons (Fsp3) is 0.615. The summed E-state index contributed by atoms with van der Waals surface area (Å²) >= 11 is 1.87. The van der Waals surface area contributed by atoms with Crippen molar-refractivity contribution in [3.8, 4) is 0 Å². The maximum atomic E-state index is 4.58. The molecule has 4 heteroatoms. The normalized spacial score (nSPS) is 12.5. The minimum absolute atomic E-state index is 0.506. The molecular formula is C13H23N3S. The first-order valence-electron chi connectivity index (χ1n) is 5.92. The van der Waals surface area contributed by atoms with Gasteiger partial charge < -0.3 is 10.2 Å². The monoisotopic (exact) mass is 253 g/mol. The van der Waals surface area contributed by atoms with Gasteiger partial charge in [0.25, 0.3) is 0 Å². The Hall–Kier alpha value is -0.740. The van der Waals surface area contributed by atoms with Crippen LogP contribution in [0.5, 0.6) is 0 Å². The maximum absolute atomic E-state index is 4.58. The van der Waals surface area contributed by atoms with Crippen LogP contribution in [-0.2, 0) is 6.54 Å². The number of rotatable bonds is 6. The highest BCUT2D eigenvalue weighted by Crippen LogP contribution is 2.19. The van der Waals surface area contributed by atoms with E-state index in [0.717, 1.165) is 18.1 Å². The smallest absolute Gasteiger partial charge is 0.131 e. The molecule has 1 heterocycles. The first-order chi connectivity index (χ1) is 8.10. The summed E-state index contributed by atoms with van der Waals surface area (Å²) in [6, 6.07) is 2.72. The molecular weight excluding hydrogens is 230 g/mol. The van der Waals surface area contributed by atoms with Gasteiger partial charge in [-0.25, -0.2) is 4.98 Å². The molecule has 1 rings (SSSR count). The zero-order valence-electron chi connectivity index (χ0n) is 11.4. The lowest BCUT2D eigenvalue weighted by molar-refractivity contribution is 0.746. The SMILES string of the molecule is CNCc1cnc(N(C)C(C)CSC)c(C)c1. The number of thioether (sulfide) groups is 1. The molecule has 1 aromatic heterocycles. The Morgan fingerprint density at radius 3 is 2.76 bits per heavy atom. The molecule has 96 valence electrons. The van der Waals surface area contributed by atoms with Gasteiger partial charge in [-0.05, 0) is 44.3 Å². The summed E-state index contributed by atoms with van der Waals surface area (Å²) in [7, 11) is 4.07. The number of pyridine rings is 1. The third-order valence-electron chi connectivity index (χ3n) is 2.89. The van der Waals surface area contributed by atoms with Crippen LogP contribution in [0.15, 0.2) is 12.3 Å². The molecule has 0 bridgehead atoms. The van der Waals surface area contributed by atoms with E-state index in [1.807, 2.05) is 25.0 Å². The van der Waals surface area contributed by atoms with Gasteiger partial charge in [0.1, 0.15) is 5.82 Å². The Bertz CT molecular complexity index is 355. The number of hydrogen-bond acceptors (Lipinski definition) is 4. The lowest BCUT2D eigenvalue weighted by Gasteiger charge is -2.27. The third kappa shape index (κ3) is 3.89. The van der Waals surface area contributed by atoms with E-state index in [0.29, 0.717) is 6.04 Å². The number of aromatic nitrogens is 1. The second-order valence-electron chi connectivity index (χ2n) is 4.43. The predicted molar refractivity (Wildman–Crippen MR) is 78.0 cm³/mol. The number of aryl methyl sites for hydroxylation is 1. The molecule has 1 atom stereocenters. The molecule has 1 aromatic rings. The van der Waals surface area contributed by atoms with E-state index in [4.69, 9.17) is 0 Å². The lowest BCUT2D eigenvalue weighted by Crippen LogP contribution is -2.32. The Morgan fingerprint density at radius 2 is 2.24 bits per heavy atom. The van der Waals surface area contributed by atoms with E-state index < -0.39 is 0 Å². The van der Waals surface area contributed by atoms with Crippen LogP contribution in [0.4, 0.5) is 5.82 Å². The maximum Gasteiger partial charge on any atom is 0.131 e. The molecule has 1 unspecified atom stereocenters. The van der Waals surface area contributed by atoms with Crippen LogP contribution in [0.25, 0.3) is 0 Å². The van der Waals surface area contributed by atoms with Crippen molar-refractivity contribution < 1.29 is 0 Å². The molecule has 0 saturated heterocycles. The average Bonchev–Trinajstić information content (AvgIpc) is 2.29. The molecule has 0 saturated carbocycles. The van der Waals surface area contributed by atoms with Gasteiger partial charge in [0.15, 0.2) is 0 Å². The van der Waals surface area contributed by atoms with Gasteiger partial charge >= 0.3 is 0 Å². The van der Waals surface area contributed by atoms with E-state index in [9.17, 15) is 0 Å². The zero-order chi connectivity index (χ0) is 12.8. The topological polar surface area (TPSA) is 28.2 Å². The van der Waals surface area contributed by atoms with Crippen LogP contribution in [0.2, 0.25) is 0 Å². The van der Waals surface area contributed by atoms with Gasteiger partial charge in [-0.2, -0.15) is 11.8 Å². The molecule has 0 spiro atoms. The molecule has 17 heavy (non-hydrogen) atoms. The van der Waals surface area contributed by atoms with Gasteiger partial charge in [-0.1, -0.05) is 0 Å². The van der Waals surface area contributed by atoms with Gasteiger partial charge in [0.2, 0.25) is 0 Å². The second kappa shape index (κ2) is 6.87. The number of anilines is 1. The van der Waals surface area contributed by atoms with Crippen molar-refractivity contribution in [3.05, 3.63) is 23.4 Å². The quantitative estimate of drug-likeness (QED) is 0.842. The molecule has 0 aromatic carbocycles. The van der Waals surface area contributed by atoms with Crippen molar-refractivity contribution in [2.45, 2.75) is 26.4 Å². The van der Waals surface area contributed by atoms with Crippen molar-refractivity contribution in [2.75, 3.05) is 31.0 Å². The highest BCUT2D eigenvalue weighted by atomic mass is 32.2. The number of hydrogen-bond donors (Lipinski definition) is 1. The Balaban J connectivity index is 2.83. The van der Waals surface area contributed by atoms with E-state index in [1.165, 1.54) is 11.1 Å². The van der Waals surface area contributed by atoms with Crippen LogP contribution < -0.4 is 10.2 Å². The average molecular weight is 253 g/mol. The summed E-state index contributed by atoms with van der Waals surface area (Å²) in [5.74, 6) is 2.21. The highest BCUT2D eigenvalue weighted by Gasteiger charge is 2.13. The highest BCUT2D eigenvalue weighted by molar-refractivity contribution is 7.98. The Labute approximate surface area is 109 Å². The van der Waals surface area contributed by atoms with Crippen molar-refractivity contribution in [3.63, 3.8) is 0 Å². The van der Waals surface area contributed by atoms with Crippen LogP contribution in [0.3, 0.4) is 0 Å². The van der Waals surface area contributed by atoms with Gasteiger partial charge in [0.05, 0.1) is 0 Å². The summed E-state index contributed by atoms with van der Waals surface area (Å²) < 4.78 is 0. The fourth-order valence-corrected chi connectivity index (χ4v) is 2.56. The van der Waals surface area contributed by atoms with Gasteiger partial charge in [-0.3, -0.25) is 0 Å². The summed E-state index contributed by atoms with van der Waals surface area (Å²) in [4.78, 5) is 6.84. The summed E-state index contributed by atoms with van der Waals surface area (Å²) in [5, 5.41) is 3.15. The minimum Gasteiger partial charge on any atom is -0.356 e. The van der Waals surface area contributed by atoms with E-state index in [2.05, 4.69) is 48.4 Å². The number of nitrogens with zero attached hydrogens (tertiary/aromatic N) is 2. The van der Waals surface area contributed by atoms with Crippen molar-refractivity contribution >= 4 is 17.6 Å². The molecule has 0 amide bonds. The largest absolute Gasteiger partial charge is 0.356 e. The molecule has 1 N–H and O–H groups in total. The van der Waals surface area contributed by atoms with Crippen LogP contribution in [0, 0.1) is 6.92 Å². The van der Waals surface area contributed by atoms with Crippen LogP contribution in [0.1, 0.15) is 18.1 Å². The fourth-order valence-electron chi connectivity index (χ4n) is 1.86. The standard InChI is InChI=1S/C13H23N3S/c1-10-6-12(7-14-3)8-15-13(10)16(4)11(2)9-17-5/h6,8,11,14H,7,9H2,1-5H3. The van der Waals surface area contributed by atoms with Crippen molar-refractivity contribution in [1.82, 2.24) is 10.3 Å². The van der Waals surface area contributed by atoms with E-state index in [-0.39, 0.29) is 0 Å². The summed E-state index contributed by atoms with van der Waals surface area (Å²) in [6.07, 6.45) is 4.10. The molecule has 0 radical (unpaired) electrons. The molecule has 0 fully saturated rings. The first kappa shape index (κ1) is 14.3. The molecule has 3 nitrogen and oxygen atoms in total. The Morgan fingerprint density at radius 1 is 1.53 bits per heavy atom. The van der Waals surface area contributed by atoms with Crippen molar-refractivity contribution in [1.29, 1.82) is 0 Å². The first-order valence-corrected chi connectivity index (χ1v) is 7.31. The van der Waals surface area contributed by atoms with Crippen molar-refractivity contribution in [2.24, 2.45) is 0 Å². The minimum atomic E-state index is 0.506. The van der Waals surface area contributed by atoms with Gasteiger partial charge in [0, 0.05) is 31.6 Å². The van der Waals surface area contributed by atoms with Crippen LogP contribution in [-0.4, -0.2) is 37.1 Å². The lowest BCUT2D eigenvalue weighted by atomic mass is 10.2. The summed E-state index contributed by atoms with van der Waals surface area (Å²) in [5.41, 5.74) is 2.48. The number of nitrogens with one attached hydrogen (secondary N) is 1. The van der Waals surface area contributed by atoms with Crippen LogP contribution >= 0.6 is 11.8 Å². The zero-order valence-corrected chi connectivity index (χ0v) is 12.3.